The summed E-state index contributed by atoms with van der Waals surface area (Å²) in [6.07, 6.45) is 7.64. The van der Waals surface area contributed by atoms with Gasteiger partial charge >= 0.3 is 0 Å². The maximum Gasteiger partial charge on any atom is 0.220 e. The Bertz CT molecular complexity index is 471. The Labute approximate surface area is 150 Å². The number of hydrogen-bond acceptors (Lipinski definition) is 3. The summed E-state index contributed by atoms with van der Waals surface area (Å²) in [6.45, 7) is 4.85. The molecule has 1 aliphatic rings. The van der Waals surface area contributed by atoms with E-state index >= 15 is 0 Å². The molecule has 1 fully saturated rings. The summed E-state index contributed by atoms with van der Waals surface area (Å²) in [5.74, 6) is 0.905. The summed E-state index contributed by atoms with van der Waals surface area (Å²) < 4.78 is 5.58. The standard InChI is InChI=1S/C19H29ClN2O2/c20-17-8-10-18(11-9-17)24-16-5-7-19(23)21-12-6-15-22-13-3-1-2-4-14-22/h8-11H,1-7,12-16H2,(H,21,23). The molecular weight excluding hydrogens is 324 g/mol. The van der Waals surface area contributed by atoms with Crippen molar-refractivity contribution in [3.63, 3.8) is 0 Å². The maximum absolute atomic E-state index is 11.8. The van der Waals surface area contributed by atoms with Gasteiger partial charge < -0.3 is 15.0 Å². The number of nitrogens with zero attached hydrogens (tertiary/aromatic N) is 1. The first-order chi connectivity index (χ1) is 11.7. The molecule has 0 unspecified atom stereocenters. The average molecular weight is 353 g/mol. The van der Waals surface area contributed by atoms with Crippen LogP contribution in [-0.4, -0.2) is 43.6 Å². The second kappa shape index (κ2) is 11.3. The summed E-state index contributed by atoms with van der Waals surface area (Å²) in [6, 6.07) is 7.28. The number of carbonyl (C=O) groups excluding carboxylic acids is 1. The fourth-order valence-electron chi connectivity index (χ4n) is 2.93. The van der Waals surface area contributed by atoms with Gasteiger partial charge in [0.1, 0.15) is 5.75 Å². The van der Waals surface area contributed by atoms with Crippen LogP contribution in [0.15, 0.2) is 24.3 Å². The molecule has 5 heteroatoms. The molecule has 24 heavy (non-hydrogen) atoms. The Morgan fingerprint density at radius 3 is 2.50 bits per heavy atom. The van der Waals surface area contributed by atoms with Crippen LogP contribution in [-0.2, 0) is 4.79 Å². The van der Waals surface area contributed by atoms with Gasteiger partial charge in [0.15, 0.2) is 0 Å². The van der Waals surface area contributed by atoms with Crippen molar-refractivity contribution < 1.29 is 9.53 Å². The van der Waals surface area contributed by atoms with Crippen LogP contribution in [0.4, 0.5) is 0 Å². The number of carbonyl (C=O) groups is 1. The number of hydrogen-bond donors (Lipinski definition) is 1. The van der Waals surface area contributed by atoms with Crippen LogP contribution < -0.4 is 10.1 Å². The highest BCUT2D eigenvalue weighted by atomic mass is 35.5. The molecule has 4 nitrogen and oxygen atoms in total. The zero-order valence-corrected chi connectivity index (χ0v) is 15.2. The van der Waals surface area contributed by atoms with Crippen LogP contribution in [0, 0.1) is 0 Å². The van der Waals surface area contributed by atoms with Gasteiger partial charge in [-0.3, -0.25) is 4.79 Å². The highest BCUT2D eigenvalue weighted by molar-refractivity contribution is 6.30. The molecule has 134 valence electrons. The predicted molar refractivity (Wildman–Crippen MR) is 98.7 cm³/mol. The Morgan fingerprint density at radius 2 is 1.79 bits per heavy atom. The van der Waals surface area contributed by atoms with Crippen molar-refractivity contribution in [2.75, 3.05) is 32.8 Å². The van der Waals surface area contributed by atoms with Crippen LogP contribution in [0.25, 0.3) is 0 Å². The molecule has 1 aliphatic heterocycles. The topological polar surface area (TPSA) is 41.6 Å². The van der Waals surface area contributed by atoms with Crippen molar-refractivity contribution in [1.29, 1.82) is 0 Å². The number of rotatable bonds is 9. The molecule has 0 atom stereocenters. The molecule has 1 saturated heterocycles. The molecule has 1 aromatic rings. The molecule has 1 aromatic carbocycles. The molecule has 2 rings (SSSR count). The van der Waals surface area contributed by atoms with Crippen LogP contribution >= 0.6 is 11.6 Å². The van der Waals surface area contributed by atoms with Crippen molar-refractivity contribution >= 4 is 17.5 Å². The van der Waals surface area contributed by atoms with Gasteiger partial charge in [-0.1, -0.05) is 24.4 Å². The van der Waals surface area contributed by atoms with Gasteiger partial charge in [0.05, 0.1) is 6.61 Å². The first-order valence-corrected chi connectivity index (χ1v) is 9.49. The minimum Gasteiger partial charge on any atom is -0.494 e. The van der Waals surface area contributed by atoms with E-state index in [1.54, 1.807) is 12.1 Å². The largest absolute Gasteiger partial charge is 0.494 e. The number of halogens is 1. The highest BCUT2D eigenvalue weighted by Crippen LogP contribution is 2.15. The van der Waals surface area contributed by atoms with Crippen LogP contribution in [0.5, 0.6) is 5.75 Å². The number of benzene rings is 1. The second-order valence-electron chi connectivity index (χ2n) is 6.37. The van der Waals surface area contributed by atoms with E-state index in [1.807, 2.05) is 12.1 Å². The van der Waals surface area contributed by atoms with E-state index in [2.05, 4.69) is 10.2 Å². The van der Waals surface area contributed by atoms with E-state index < -0.39 is 0 Å². The van der Waals surface area contributed by atoms with Gasteiger partial charge in [0.25, 0.3) is 0 Å². The fraction of sp³-hybridized carbons (Fsp3) is 0.632. The lowest BCUT2D eigenvalue weighted by Gasteiger charge is -2.19. The van der Waals surface area contributed by atoms with Gasteiger partial charge in [-0.2, -0.15) is 0 Å². The Morgan fingerprint density at radius 1 is 1.08 bits per heavy atom. The maximum atomic E-state index is 11.8. The van der Waals surface area contributed by atoms with Gasteiger partial charge in [-0.15, -0.1) is 0 Å². The van der Waals surface area contributed by atoms with Crippen LogP contribution in [0.3, 0.4) is 0 Å². The molecule has 0 spiro atoms. The minimum absolute atomic E-state index is 0.116. The van der Waals surface area contributed by atoms with E-state index in [-0.39, 0.29) is 5.91 Å². The molecule has 0 radical (unpaired) electrons. The molecule has 0 aliphatic carbocycles. The quantitative estimate of drug-likeness (QED) is 0.686. The molecular formula is C19H29ClN2O2. The Balaban J connectivity index is 1.46. The summed E-state index contributed by atoms with van der Waals surface area (Å²) >= 11 is 5.82. The zero-order valence-electron chi connectivity index (χ0n) is 14.4. The summed E-state index contributed by atoms with van der Waals surface area (Å²) in [7, 11) is 0. The molecule has 1 amide bonds. The van der Waals surface area contributed by atoms with E-state index in [9.17, 15) is 4.79 Å². The monoisotopic (exact) mass is 352 g/mol. The number of ether oxygens (including phenoxy) is 1. The minimum atomic E-state index is 0.116. The molecule has 1 N–H and O–H groups in total. The lowest BCUT2D eigenvalue weighted by Crippen LogP contribution is -2.30. The van der Waals surface area contributed by atoms with Gasteiger partial charge in [0, 0.05) is 18.0 Å². The van der Waals surface area contributed by atoms with Crippen LogP contribution in [0.2, 0.25) is 5.02 Å². The van der Waals surface area contributed by atoms with Gasteiger partial charge in [-0.25, -0.2) is 0 Å². The third-order valence-electron chi connectivity index (χ3n) is 4.30. The van der Waals surface area contributed by atoms with Crippen molar-refractivity contribution in [3.8, 4) is 5.75 Å². The Kier molecular flexibility index (Phi) is 9.00. The lowest BCUT2D eigenvalue weighted by molar-refractivity contribution is -0.121. The number of amides is 1. The summed E-state index contributed by atoms with van der Waals surface area (Å²) in [5, 5.41) is 3.70. The van der Waals surface area contributed by atoms with Crippen molar-refractivity contribution in [2.45, 2.75) is 44.9 Å². The Hall–Kier alpha value is -1.26. The average Bonchev–Trinajstić information content (AvgIpc) is 2.86. The van der Waals surface area contributed by atoms with Crippen LogP contribution in [0.1, 0.15) is 44.9 Å². The third kappa shape index (κ3) is 8.02. The van der Waals surface area contributed by atoms with Crippen molar-refractivity contribution in [1.82, 2.24) is 10.2 Å². The van der Waals surface area contributed by atoms with Gasteiger partial charge in [0.2, 0.25) is 5.91 Å². The molecule has 0 aromatic heterocycles. The van der Waals surface area contributed by atoms with E-state index in [0.717, 1.165) is 31.7 Å². The van der Waals surface area contributed by atoms with Crippen molar-refractivity contribution in [3.05, 3.63) is 29.3 Å². The first kappa shape index (κ1) is 19.1. The van der Waals surface area contributed by atoms with E-state index in [4.69, 9.17) is 16.3 Å². The SMILES string of the molecule is O=C(CCCOc1ccc(Cl)cc1)NCCCN1CCCCCC1. The van der Waals surface area contributed by atoms with Crippen molar-refractivity contribution in [2.24, 2.45) is 0 Å². The lowest BCUT2D eigenvalue weighted by atomic mass is 10.2. The number of nitrogens with one attached hydrogen (secondary N) is 1. The fourth-order valence-corrected chi connectivity index (χ4v) is 3.06. The van der Waals surface area contributed by atoms with Gasteiger partial charge in [-0.05, 0) is 69.6 Å². The molecule has 1 heterocycles. The molecule has 0 bridgehead atoms. The zero-order chi connectivity index (χ0) is 17.0. The normalized spacial score (nSPS) is 15.7. The smallest absolute Gasteiger partial charge is 0.220 e. The second-order valence-corrected chi connectivity index (χ2v) is 6.80. The van der Waals surface area contributed by atoms with E-state index in [1.165, 1.54) is 38.8 Å². The third-order valence-corrected chi connectivity index (χ3v) is 4.55. The summed E-state index contributed by atoms with van der Waals surface area (Å²) in [5.41, 5.74) is 0. The van der Waals surface area contributed by atoms with E-state index in [0.29, 0.717) is 18.1 Å². The number of likely N-dealkylation sites (tertiary alicyclic amines) is 1. The highest BCUT2D eigenvalue weighted by Gasteiger charge is 2.08. The predicted octanol–water partition coefficient (Wildman–Crippen LogP) is 3.88. The first-order valence-electron chi connectivity index (χ1n) is 9.11. The summed E-state index contributed by atoms with van der Waals surface area (Å²) in [4.78, 5) is 14.3. The molecule has 0 saturated carbocycles.